The molecule has 2 heteroatoms. The average molecular weight is 515 g/mol. The lowest BCUT2D eigenvalue weighted by molar-refractivity contribution is -0.660. The monoisotopic (exact) mass is 514 g/mol. The number of pyridine rings is 1. The van der Waals surface area contributed by atoms with Gasteiger partial charge in [-0.1, -0.05) is 109 Å². The molecule has 0 N–H and O–H groups in total. The van der Waals surface area contributed by atoms with Crippen molar-refractivity contribution in [2.75, 3.05) is 0 Å². The lowest BCUT2D eigenvalue weighted by Crippen LogP contribution is -2.30. The summed E-state index contributed by atoms with van der Waals surface area (Å²) in [4.78, 5) is 0. The van der Waals surface area contributed by atoms with Crippen LogP contribution in [0.1, 0.15) is 27.8 Å². The van der Waals surface area contributed by atoms with Crippen LogP contribution in [0, 0.1) is 6.92 Å². The Morgan fingerprint density at radius 2 is 1.18 bits per heavy atom. The molecule has 0 amide bonds. The second kappa shape index (κ2) is 8.53. The first kappa shape index (κ1) is 23.0. The van der Waals surface area contributed by atoms with Crippen molar-refractivity contribution in [3.63, 3.8) is 0 Å². The van der Waals surface area contributed by atoms with Crippen LogP contribution in [0.5, 0.6) is 0 Å². The van der Waals surface area contributed by atoms with Crippen LogP contribution in [0.4, 0.5) is 0 Å². The van der Waals surface area contributed by atoms with E-state index < -0.39 is 5.41 Å². The maximum atomic E-state index is 7.08. The largest absolute Gasteiger partial charge is 0.455 e. The quantitative estimate of drug-likeness (QED) is 0.215. The first-order valence-corrected chi connectivity index (χ1v) is 13.8. The molecule has 190 valence electrons. The third kappa shape index (κ3) is 2.96. The van der Waals surface area contributed by atoms with Crippen LogP contribution in [0.25, 0.3) is 44.3 Å². The van der Waals surface area contributed by atoms with Gasteiger partial charge in [0.15, 0.2) is 6.20 Å². The molecule has 0 radical (unpaired) electrons. The summed E-state index contributed by atoms with van der Waals surface area (Å²) in [6.45, 7) is 2.17. The minimum Gasteiger partial charge on any atom is -0.455 e. The molecule has 0 spiro atoms. The predicted molar refractivity (Wildman–Crippen MR) is 162 cm³/mol. The van der Waals surface area contributed by atoms with E-state index in [9.17, 15) is 0 Å². The predicted octanol–water partition coefficient (Wildman–Crippen LogP) is 8.75. The second-order valence-electron chi connectivity index (χ2n) is 10.8. The fraction of sp³-hybridized carbons (Fsp3) is 0.0789. The number of furan rings is 1. The van der Waals surface area contributed by atoms with Gasteiger partial charge in [-0.3, -0.25) is 0 Å². The van der Waals surface area contributed by atoms with Crippen LogP contribution in [0.15, 0.2) is 138 Å². The normalized spacial score (nSPS) is 13.4. The highest BCUT2D eigenvalue weighted by Crippen LogP contribution is 2.57. The third-order valence-corrected chi connectivity index (χ3v) is 8.75. The van der Waals surface area contributed by atoms with E-state index >= 15 is 0 Å². The van der Waals surface area contributed by atoms with Gasteiger partial charge in [-0.25, -0.2) is 4.57 Å². The zero-order valence-corrected chi connectivity index (χ0v) is 22.6. The zero-order valence-electron chi connectivity index (χ0n) is 22.6. The topological polar surface area (TPSA) is 17.0 Å². The summed E-state index contributed by atoms with van der Waals surface area (Å²) in [5.74, 6) is 0. The molecular weight excluding hydrogens is 486 g/mol. The van der Waals surface area contributed by atoms with Crippen molar-refractivity contribution in [2.45, 2.75) is 12.3 Å². The van der Waals surface area contributed by atoms with Gasteiger partial charge in [-0.15, -0.1) is 0 Å². The molecule has 0 atom stereocenters. The number of benzene rings is 5. The van der Waals surface area contributed by atoms with E-state index in [-0.39, 0.29) is 0 Å². The molecule has 1 aliphatic rings. The minimum atomic E-state index is -0.506. The maximum Gasteiger partial charge on any atom is 0.216 e. The van der Waals surface area contributed by atoms with Gasteiger partial charge < -0.3 is 4.42 Å². The van der Waals surface area contributed by atoms with Gasteiger partial charge in [-0.05, 0) is 46.4 Å². The van der Waals surface area contributed by atoms with E-state index in [0.717, 1.165) is 33.2 Å². The Bertz CT molecular complexity index is 2040. The van der Waals surface area contributed by atoms with Gasteiger partial charge in [0.25, 0.3) is 0 Å². The Labute approximate surface area is 233 Å². The molecule has 1 aliphatic carbocycles. The second-order valence-corrected chi connectivity index (χ2v) is 10.8. The molecule has 0 saturated heterocycles. The summed E-state index contributed by atoms with van der Waals surface area (Å²) in [7, 11) is 2.10. The fourth-order valence-electron chi connectivity index (χ4n) is 7.04. The van der Waals surface area contributed by atoms with Crippen LogP contribution >= 0.6 is 0 Å². The van der Waals surface area contributed by atoms with E-state index in [1.54, 1.807) is 0 Å². The third-order valence-electron chi connectivity index (χ3n) is 8.75. The summed E-state index contributed by atoms with van der Waals surface area (Å²) >= 11 is 0. The smallest absolute Gasteiger partial charge is 0.216 e. The molecule has 40 heavy (non-hydrogen) atoms. The molecule has 2 nitrogen and oxygen atoms in total. The van der Waals surface area contributed by atoms with Crippen molar-refractivity contribution in [3.05, 3.63) is 161 Å². The number of rotatable bonds is 3. The molecule has 0 fully saturated rings. The Balaban J connectivity index is 1.55. The number of para-hydroxylation sites is 1. The minimum absolute atomic E-state index is 0.506. The van der Waals surface area contributed by atoms with Crippen molar-refractivity contribution in [1.82, 2.24) is 0 Å². The van der Waals surface area contributed by atoms with Crippen molar-refractivity contribution in [1.29, 1.82) is 0 Å². The molecule has 8 rings (SSSR count). The summed E-state index contributed by atoms with van der Waals surface area (Å²) in [6, 6.07) is 46.1. The van der Waals surface area contributed by atoms with E-state index in [4.69, 9.17) is 4.42 Å². The Hall–Kier alpha value is -4.95. The van der Waals surface area contributed by atoms with Crippen LogP contribution in [0.3, 0.4) is 0 Å². The Morgan fingerprint density at radius 3 is 1.90 bits per heavy atom. The molecule has 0 unspecified atom stereocenters. The highest BCUT2D eigenvalue weighted by atomic mass is 16.3. The van der Waals surface area contributed by atoms with E-state index in [1.165, 1.54) is 38.9 Å². The number of fused-ring (bicyclic) bond motifs is 6. The van der Waals surface area contributed by atoms with E-state index in [1.807, 2.05) is 0 Å². The molecule has 0 saturated carbocycles. The van der Waals surface area contributed by atoms with Crippen molar-refractivity contribution >= 4 is 21.9 Å². The fourth-order valence-corrected chi connectivity index (χ4v) is 7.04. The summed E-state index contributed by atoms with van der Waals surface area (Å²) in [5, 5.41) is 2.29. The van der Waals surface area contributed by atoms with Gasteiger partial charge in [0.05, 0.1) is 11.0 Å². The van der Waals surface area contributed by atoms with Gasteiger partial charge in [-0.2, -0.15) is 0 Å². The van der Waals surface area contributed by atoms with E-state index in [0.29, 0.717) is 0 Å². The standard InChI is InChI=1S/C38H28NO/c1-25-22-23-30-29-17-12-20-33(36(29)40-37(30)35(25)34-21-10-11-24-39(34)2)38(26-13-4-3-5-14-26)31-18-8-6-15-27(31)28-16-7-9-19-32(28)38/h3-24H,1-2H3/q+1. The maximum absolute atomic E-state index is 7.08. The first-order chi connectivity index (χ1) is 19.7. The molecule has 7 aromatic rings. The van der Waals surface area contributed by atoms with Gasteiger partial charge in [0.2, 0.25) is 5.69 Å². The number of aryl methyl sites for hydroxylation is 2. The van der Waals surface area contributed by atoms with Gasteiger partial charge >= 0.3 is 0 Å². The van der Waals surface area contributed by atoms with Gasteiger partial charge in [0.1, 0.15) is 18.2 Å². The molecule has 5 aromatic carbocycles. The van der Waals surface area contributed by atoms with Crippen LogP contribution in [0.2, 0.25) is 0 Å². The van der Waals surface area contributed by atoms with Crippen molar-refractivity contribution in [2.24, 2.45) is 7.05 Å². The number of nitrogens with zero attached hydrogens (tertiary/aromatic N) is 1. The SMILES string of the molecule is Cc1ccc2c(oc3c(C4(c5ccccc5)c5ccccc5-c5ccccc54)cccc32)c1-c1cccc[n+]1C. The number of hydrogen-bond donors (Lipinski definition) is 0. The summed E-state index contributed by atoms with van der Waals surface area (Å²) in [5.41, 5.74) is 12.4. The number of aromatic nitrogens is 1. The summed E-state index contributed by atoms with van der Waals surface area (Å²) < 4.78 is 9.25. The molecule has 2 heterocycles. The van der Waals surface area contributed by atoms with Crippen LogP contribution in [-0.2, 0) is 12.5 Å². The highest BCUT2D eigenvalue weighted by Gasteiger charge is 2.47. The van der Waals surface area contributed by atoms with E-state index in [2.05, 4.69) is 152 Å². The first-order valence-electron chi connectivity index (χ1n) is 13.8. The number of hydrogen-bond acceptors (Lipinski definition) is 1. The highest BCUT2D eigenvalue weighted by molar-refractivity contribution is 6.11. The van der Waals surface area contributed by atoms with Crippen LogP contribution in [-0.4, -0.2) is 0 Å². The van der Waals surface area contributed by atoms with Crippen LogP contribution < -0.4 is 4.57 Å². The Morgan fingerprint density at radius 1 is 0.550 bits per heavy atom. The molecular formula is C38H28NO+. The van der Waals surface area contributed by atoms with Crippen molar-refractivity contribution in [3.8, 4) is 22.4 Å². The average Bonchev–Trinajstić information content (AvgIpc) is 3.52. The molecule has 0 aliphatic heterocycles. The summed E-state index contributed by atoms with van der Waals surface area (Å²) in [6.07, 6.45) is 2.10. The lowest BCUT2D eigenvalue weighted by Gasteiger charge is -2.33. The lowest BCUT2D eigenvalue weighted by atomic mass is 9.67. The zero-order chi connectivity index (χ0) is 26.8. The van der Waals surface area contributed by atoms with Crippen molar-refractivity contribution < 1.29 is 8.98 Å². The molecule has 0 bridgehead atoms. The Kier molecular flexibility index (Phi) is 4.90. The van der Waals surface area contributed by atoms with Gasteiger partial charge in [0, 0.05) is 28.5 Å². The molecule has 2 aromatic heterocycles.